The van der Waals surface area contributed by atoms with Gasteiger partial charge in [0.25, 0.3) is 0 Å². The molecule has 2 aromatic rings. The number of ketones is 1. The molecule has 1 aliphatic carbocycles. The minimum Gasteiger partial charge on any atom is -0.506 e. The van der Waals surface area contributed by atoms with Gasteiger partial charge in [0.2, 0.25) is 0 Å². The van der Waals surface area contributed by atoms with Crippen molar-refractivity contribution >= 4 is 33.8 Å². The van der Waals surface area contributed by atoms with E-state index >= 15 is 0 Å². The lowest BCUT2D eigenvalue weighted by Crippen LogP contribution is -2.44. The lowest BCUT2D eigenvalue weighted by Gasteiger charge is -2.40. The van der Waals surface area contributed by atoms with Gasteiger partial charge in [0.05, 0.1) is 11.1 Å². The molecular weight excluding hydrogens is 424 g/mol. The predicted octanol–water partition coefficient (Wildman–Crippen LogP) is 6.71. The van der Waals surface area contributed by atoms with Crippen LogP contribution in [0.5, 0.6) is 0 Å². The van der Waals surface area contributed by atoms with Gasteiger partial charge >= 0.3 is 0 Å². The standard InChI is InChI=1S/C25H30N2O4S/c1-3-5-15-25(16-6-4-2)18-12-8-7-11-17(18)22(28)21(23(25)29)24-26-19-13-9-10-14-20(19)32(30,31)27-24/h7-14,28,30-31H,3-6,15-16H2,1-2H3,(H,26,27). The number of nitrogens with one attached hydrogen (secondary N) is 1. The fourth-order valence-corrected chi connectivity index (χ4v) is 5.92. The fraction of sp³-hybridized carbons (Fsp3) is 0.360. The summed E-state index contributed by atoms with van der Waals surface area (Å²) in [6.07, 6.45) is 4.96. The topological polar surface area (TPSA) is 102 Å². The zero-order valence-corrected chi connectivity index (χ0v) is 19.3. The molecule has 2 aliphatic rings. The third-order valence-corrected chi connectivity index (χ3v) is 7.78. The Bertz CT molecular complexity index is 1100. The van der Waals surface area contributed by atoms with Gasteiger partial charge in [-0.2, -0.15) is 0 Å². The smallest absolute Gasteiger partial charge is 0.180 e. The first-order valence-corrected chi connectivity index (χ1v) is 12.7. The molecule has 0 fully saturated rings. The van der Waals surface area contributed by atoms with E-state index in [1.807, 2.05) is 24.3 Å². The van der Waals surface area contributed by atoms with E-state index < -0.39 is 16.2 Å². The van der Waals surface area contributed by atoms with Crippen molar-refractivity contribution in [3.8, 4) is 0 Å². The highest BCUT2D eigenvalue weighted by Crippen LogP contribution is 2.56. The molecule has 2 aromatic carbocycles. The number of hydrogen-bond acceptors (Lipinski definition) is 6. The van der Waals surface area contributed by atoms with E-state index in [4.69, 9.17) is 0 Å². The number of amidine groups is 1. The first-order valence-electron chi connectivity index (χ1n) is 11.2. The molecule has 32 heavy (non-hydrogen) atoms. The zero-order chi connectivity index (χ0) is 22.9. The average Bonchev–Trinajstić information content (AvgIpc) is 2.78. The largest absolute Gasteiger partial charge is 0.506 e. The third kappa shape index (κ3) is 3.64. The van der Waals surface area contributed by atoms with E-state index in [1.54, 1.807) is 24.3 Å². The summed E-state index contributed by atoms with van der Waals surface area (Å²) in [5, 5.41) is 14.3. The average molecular weight is 455 g/mol. The van der Waals surface area contributed by atoms with Crippen molar-refractivity contribution in [3.05, 3.63) is 65.2 Å². The van der Waals surface area contributed by atoms with Crippen LogP contribution >= 0.6 is 10.8 Å². The SMILES string of the molecule is CCCCC1(CCCC)C(=O)C(C2=NS(O)(O)c3ccccc3N2)=C(O)c2ccccc21. The van der Waals surface area contributed by atoms with E-state index in [-0.39, 0.29) is 27.8 Å². The Kier molecular flexibility index (Phi) is 6.16. The molecule has 0 aromatic heterocycles. The number of Topliss-reactive ketones (excluding diaryl/α,β-unsaturated/α-hetero) is 1. The number of fused-ring (bicyclic) bond motifs is 2. The predicted molar refractivity (Wildman–Crippen MR) is 130 cm³/mol. The van der Waals surface area contributed by atoms with Crippen molar-refractivity contribution in [2.24, 2.45) is 4.40 Å². The van der Waals surface area contributed by atoms with Crippen molar-refractivity contribution in [1.82, 2.24) is 0 Å². The Morgan fingerprint density at radius 2 is 1.59 bits per heavy atom. The van der Waals surface area contributed by atoms with Crippen LogP contribution in [0.25, 0.3) is 5.76 Å². The van der Waals surface area contributed by atoms with E-state index in [2.05, 4.69) is 23.6 Å². The summed E-state index contributed by atoms with van der Waals surface area (Å²) in [5.74, 6) is -0.371. The highest BCUT2D eigenvalue weighted by atomic mass is 32.3. The number of nitrogens with zero attached hydrogens (tertiary/aromatic N) is 1. The molecule has 0 atom stereocenters. The minimum absolute atomic E-state index is 0.0121. The highest BCUT2D eigenvalue weighted by molar-refractivity contribution is 8.23. The summed E-state index contributed by atoms with van der Waals surface area (Å²) < 4.78 is 25.5. The Balaban J connectivity index is 1.91. The van der Waals surface area contributed by atoms with Crippen LogP contribution in [0.4, 0.5) is 5.69 Å². The monoisotopic (exact) mass is 454 g/mol. The maximum atomic E-state index is 14.2. The van der Waals surface area contributed by atoms with E-state index in [1.165, 1.54) is 0 Å². The Labute approximate surface area is 190 Å². The Morgan fingerprint density at radius 3 is 2.28 bits per heavy atom. The van der Waals surface area contributed by atoms with Crippen LogP contribution in [-0.4, -0.2) is 25.8 Å². The van der Waals surface area contributed by atoms with Crippen LogP contribution in [0.3, 0.4) is 0 Å². The lowest BCUT2D eigenvalue weighted by molar-refractivity contribution is -0.121. The number of carbonyl (C=O) groups is 1. The van der Waals surface area contributed by atoms with Crippen molar-refractivity contribution in [3.63, 3.8) is 0 Å². The number of unbranched alkanes of at least 4 members (excludes halogenated alkanes) is 2. The number of anilines is 1. The van der Waals surface area contributed by atoms with Gasteiger partial charge in [0.1, 0.15) is 16.2 Å². The van der Waals surface area contributed by atoms with Gasteiger partial charge in [-0.3, -0.25) is 13.9 Å². The van der Waals surface area contributed by atoms with Crippen LogP contribution in [0, 0.1) is 0 Å². The summed E-state index contributed by atoms with van der Waals surface area (Å²) in [6.45, 7) is 4.19. The van der Waals surface area contributed by atoms with Crippen LogP contribution in [-0.2, 0) is 10.2 Å². The second-order valence-electron chi connectivity index (χ2n) is 8.47. The van der Waals surface area contributed by atoms with Crippen molar-refractivity contribution in [1.29, 1.82) is 0 Å². The van der Waals surface area contributed by atoms with Gasteiger partial charge in [0.15, 0.2) is 11.6 Å². The zero-order valence-electron chi connectivity index (χ0n) is 18.5. The maximum Gasteiger partial charge on any atom is 0.180 e. The van der Waals surface area contributed by atoms with E-state index in [0.717, 1.165) is 31.2 Å². The fourth-order valence-electron chi connectivity index (χ4n) is 4.75. The Morgan fingerprint density at radius 1 is 0.969 bits per heavy atom. The summed E-state index contributed by atoms with van der Waals surface area (Å²) in [5.41, 5.74) is 1.17. The molecular formula is C25H30N2O4S. The molecule has 0 saturated heterocycles. The molecule has 7 heteroatoms. The quantitative estimate of drug-likeness (QED) is 0.372. The van der Waals surface area contributed by atoms with Gasteiger partial charge in [0, 0.05) is 5.56 Å². The molecule has 170 valence electrons. The molecule has 0 bridgehead atoms. The van der Waals surface area contributed by atoms with Crippen molar-refractivity contribution in [2.75, 3.05) is 5.32 Å². The molecule has 0 spiro atoms. The molecule has 1 heterocycles. The first-order chi connectivity index (χ1) is 15.4. The lowest BCUT2D eigenvalue weighted by atomic mass is 9.63. The number of benzene rings is 2. The molecule has 4 rings (SSSR count). The second-order valence-corrected chi connectivity index (χ2v) is 10.1. The normalized spacial score (nSPS) is 19.5. The van der Waals surface area contributed by atoms with E-state index in [0.29, 0.717) is 24.1 Å². The van der Waals surface area contributed by atoms with Gasteiger partial charge in [-0.1, -0.05) is 86.7 Å². The number of carbonyl (C=O) groups excluding carboxylic acids is 1. The van der Waals surface area contributed by atoms with Gasteiger partial charge < -0.3 is 10.4 Å². The number of aliphatic hydroxyl groups is 1. The molecule has 6 nitrogen and oxygen atoms in total. The number of hydrogen-bond donors (Lipinski definition) is 4. The summed E-state index contributed by atoms with van der Waals surface area (Å²) in [4.78, 5) is 14.4. The number of para-hydroxylation sites is 1. The highest BCUT2D eigenvalue weighted by Gasteiger charge is 2.48. The molecule has 0 unspecified atom stereocenters. The van der Waals surface area contributed by atoms with Crippen LogP contribution in [0.2, 0.25) is 0 Å². The third-order valence-electron chi connectivity index (χ3n) is 6.40. The Hall–Kier alpha value is -2.61. The summed E-state index contributed by atoms with van der Waals surface area (Å²) in [7, 11) is -3.51. The molecule has 0 amide bonds. The number of aliphatic hydroxyl groups excluding tert-OH is 1. The summed E-state index contributed by atoms with van der Waals surface area (Å²) >= 11 is 0. The summed E-state index contributed by atoms with van der Waals surface area (Å²) in [6, 6.07) is 14.3. The molecule has 0 saturated carbocycles. The van der Waals surface area contributed by atoms with Gasteiger partial charge in [-0.05, 0) is 30.5 Å². The molecule has 1 aliphatic heterocycles. The maximum absolute atomic E-state index is 14.2. The van der Waals surface area contributed by atoms with Crippen molar-refractivity contribution in [2.45, 2.75) is 62.7 Å². The molecule has 4 N–H and O–H groups in total. The second kappa shape index (κ2) is 8.73. The number of rotatable bonds is 7. The van der Waals surface area contributed by atoms with Gasteiger partial charge in [-0.25, -0.2) is 0 Å². The van der Waals surface area contributed by atoms with Crippen LogP contribution < -0.4 is 5.32 Å². The van der Waals surface area contributed by atoms with Crippen LogP contribution in [0.1, 0.15) is 63.5 Å². The van der Waals surface area contributed by atoms with Gasteiger partial charge in [-0.15, -0.1) is 4.40 Å². The van der Waals surface area contributed by atoms with Crippen molar-refractivity contribution < 1.29 is 19.0 Å². The first kappa shape index (κ1) is 22.6. The van der Waals surface area contributed by atoms with Crippen LogP contribution in [0.15, 0.2) is 63.4 Å². The molecule has 0 radical (unpaired) electrons. The van der Waals surface area contributed by atoms with E-state index in [9.17, 15) is 19.0 Å². The minimum atomic E-state index is -3.51.